The lowest BCUT2D eigenvalue weighted by atomic mass is 9.98. The van der Waals surface area contributed by atoms with E-state index in [1.54, 1.807) is 6.92 Å². The predicted molar refractivity (Wildman–Crippen MR) is 74.7 cm³/mol. The Morgan fingerprint density at radius 1 is 1.29 bits per heavy atom. The molecule has 0 amide bonds. The topological polar surface area (TPSA) is 49.4 Å². The van der Waals surface area contributed by atoms with E-state index in [4.69, 9.17) is 0 Å². The Morgan fingerprint density at radius 2 is 1.88 bits per heavy atom. The molecule has 1 aliphatic rings. The maximum absolute atomic E-state index is 11.4. The van der Waals surface area contributed by atoms with E-state index in [0.717, 1.165) is 25.6 Å². The number of nitrogens with zero attached hydrogens (tertiary/aromatic N) is 1. The Kier molecular flexibility index (Phi) is 8.37. The monoisotopic (exact) mass is 284 g/mol. The van der Waals surface area contributed by atoms with Crippen LogP contribution in [0.5, 0.6) is 0 Å². The second-order valence-corrected chi connectivity index (χ2v) is 7.16. The lowest BCUT2D eigenvalue weighted by Gasteiger charge is -2.27. The standard InChI is InChI=1S/C11H24N2O2S.ClH/c1-3-16(14,15)9-8-13(2)10-11-4-6-12-7-5-11;/h11-12H,3-10H2,1-2H3;1H. The van der Waals surface area contributed by atoms with Crippen molar-refractivity contribution >= 4 is 22.2 Å². The molecular formula is C11H25ClN2O2S. The zero-order valence-corrected chi connectivity index (χ0v) is 12.4. The molecule has 0 aliphatic carbocycles. The number of sulfone groups is 1. The van der Waals surface area contributed by atoms with Crippen LogP contribution in [0.1, 0.15) is 19.8 Å². The molecule has 1 aliphatic heterocycles. The van der Waals surface area contributed by atoms with Crippen LogP contribution in [0.2, 0.25) is 0 Å². The van der Waals surface area contributed by atoms with Gasteiger partial charge < -0.3 is 10.2 Å². The molecule has 104 valence electrons. The maximum atomic E-state index is 11.4. The lowest BCUT2D eigenvalue weighted by molar-refractivity contribution is 0.249. The average molecular weight is 285 g/mol. The third-order valence-electron chi connectivity index (χ3n) is 3.25. The largest absolute Gasteiger partial charge is 0.317 e. The van der Waals surface area contributed by atoms with Gasteiger partial charge in [0.2, 0.25) is 0 Å². The number of piperidine rings is 1. The Labute approximate surface area is 111 Å². The molecule has 0 saturated carbocycles. The van der Waals surface area contributed by atoms with Gasteiger partial charge in [-0.05, 0) is 38.9 Å². The van der Waals surface area contributed by atoms with Crippen LogP contribution in [0.3, 0.4) is 0 Å². The fourth-order valence-electron chi connectivity index (χ4n) is 2.04. The van der Waals surface area contributed by atoms with Gasteiger partial charge in [-0.25, -0.2) is 8.42 Å². The van der Waals surface area contributed by atoms with Gasteiger partial charge in [-0.3, -0.25) is 0 Å². The smallest absolute Gasteiger partial charge is 0.151 e. The van der Waals surface area contributed by atoms with E-state index in [1.807, 2.05) is 7.05 Å². The molecule has 17 heavy (non-hydrogen) atoms. The number of halogens is 1. The Balaban J connectivity index is 0.00000256. The normalized spacial score (nSPS) is 18.1. The first-order valence-electron chi connectivity index (χ1n) is 6.13. The molecule has 1 saturated heterocycles. The van der Waals surface area contributed by atoms with Gasteiger partial charge in [0.05, 0.1) is 5.75 Å². The highest BCUT2D eigenvalue weighted by Gasteiger charge is 2.16. The molecule has 1 rings (SSSR count). The fraction of sp³-hybridized carbons (Fsp3) is 1.00. The van der Waals surface area contributed by atoms with Crippen LogP contribution in [0.4, 0.5) is 0 Å². The highest BCUT2D eigenvalue weighted by molar-refractivity contribution is 7.91. The Bertz CT molecular complexity index is 290. The summed E-state index contributed by atoms with van der Waals surface area (Å²) in [5.41, 5.74) is 0. The molecule has 0 bridgehead atoms. The minimum Gasteiger partial charge on any atom is -0.317 e. The van der Waals surface area contributed by atoms with Crippen molar-refractivity contribution in [3.63, 3.8) is 0 Å². The third kappa shape index (κ3) is 7.24. The molecule has 6 heteroatoms. The predicted octanol–water partition coefficient (Wildman–Crippen LogP) is 0.774. The lowest BCUT2D eigenvalue weighted by Crippen LogP contribution is -2.36. The van der Waals surface area contributed by atoms with Crippen LogP contribution in [-0.2, 0) is 9.84 Å². The van der Waals surface area contributed by atoms with E-state index in [2.05, 4.69) is 10.2 Å². The molecule has 0 unspecified atom stereocenters. The van der Waals surface area contributed by atoms with Gasteiger partial charge >= 0.3 is 0 Å². The highest BCUT2D eigenvalue weighted by Crippen LogP contribution is 2.12. The molecule has 1 heterocycles. The van der Waals surface area contributed by atoms with Gasteiger partial charge in [0.25, 0.3) is 0 Å². The van der Waals surface area contributed by atoms with E-state index in [-0.39, 0.29) is 18.2 Å². The van der Waals surface area contributed by atoms with Crippen molar-refractivity contribution in [1.29, 1.82) is 0 Å². The number of nitrogens with one attached hydrogen (secondary N) is 1. The van der Waals surface area contributed by atoms with Crippen LogP contribution in [0, 0.1) is 5.92 Å². The number of hydrogen-bond donors (Lipinski definition) is 1. The molecule has 0 aromatic carbocycles. The molecular weight excluding hydrogens is 260 g/mol. The van der Waals surface area contributed by atoms with Crippen molar-refractivity contribution in [3.8, 4) is 0 Å². The summed E-state index contributed by atoms with van der Waals surface area (Å²) in [7, 11) is -0.788. The number of rotatable bonds is 6. The van der Waals surface area contributed by atoms with Crippen molar-refractivity contribution in [3.05, 3.63) is 0 Å². The summed E-state index contributed by atoms with van der Waals surface area (Å²) < 4.78 is 22.7. The van der Waals surface area contributed by atoms with Crippen LogP contribution >= 0.6 is 12.4 Å². The van der Waals surface area contributed by atoms with E-state index >= 15 is 0 Å². The summed E-state index contributed by atoms with van der Waals surface area (Å²) in [5, 5.41) is 3.34. The maximum Gasteiger partial charge on any atom is 0.151 e. The van der Waals surface area contributed by atoms with Crippen LogP contribution in [-0.4, -0.2) is 58.1 Å². The van der Waals surface area contributed by atoms with Crippen LogP contribution < -0.4 is 5.32 Å². The molecule has 0 atom stereocenters. The van der Waals surface area contributed by atoms with Crippen LogP contribution in [0.15, 0.2) is 0 Å². The van der Waals surface area contributed by atoms with Crippen molar-refractivity contribution in [2.75, 3.05) is 44.7 Å². The van der Waals surface area contributed by atoms with E-state index < -0.39 is 9.84 Å². The number of hydrogen-bond acceptors (Lipinski definition) is 4. The fourth-order valence-corrected chi connectivity index (χ4v) is 2.91. The SMILES string of the molecule is CCS(=O)(=O)CCN(C)CC1CCNCC1.Cl. The van der Waals surface area contributed by atoms with Gasteiger partial charge in [-0.15, -0.1) is 12.4 Å². The van der Waals surface area contributed by atoms with Crippen molar-refractivity contribution in [1.82, 2.24) is 10.2 Å². The Morgan fingerprint density at radius 3 is 2.41 bits per heavy atom. The summed E-state index contributed by atoms with van der Waals surface area (Å²) in [5.74, 6) is 1.29. The summed E-state index contributed by atoms with van der Waals surface area (Å²) >= 11 is 0. The van der Waals surface area contributed by atoms with Crippen molar-refractivity contribution < 1.29 is 8.42 Å². The zero-order valence-electron chi connectivity index (χ0n) is 10.8. The van der Waals surface area contributed by atoms with Crippen molar-refractivity contribution in [2.24, 2.45) is 5.92 Å². The second-order valence-electron chi connectivity index (χ2n) is 4.69. The first-order valence-corrected chi connectivity index (χ1v) is 7.95. The zero-order chi connectivity index (χ0) is 12.0. The molecule has 0 radical (unpaired) electrons. The van der Waals surface area contributed by atoms with Gasteiger partial charge in [0.15, 0.2) is 9.84 Å². The van der Waals surface area contributed by atoms with Gasteiger partial charge in [-0.1, -0.05) is 6.92 Å². The molecule has 1 N–H and O–H groups in total. The molecule has 0 spiro atoms. The van der Waals surface area contributed by atoms with Gasteiger partial charge in [-0.2, -0.15) is 0 Å². The van der Waals surface area contributed by atoms with Gasteiger partial charge in [0.1, 0.15) is 0 Å². The third-order valence-corrected chi connectivity index (χ3v) is 4.94. The minimum absolute atomic E-state index is 0. The minimum atomic E-state index is -2.81. The Hall–Kier alpha value is 0.160. The molecule has 0 aromatic heterocycles. The van der Waals surface area contributed by atoms with E-state index in [0.29, 0.717) is 12.3 Å². The highest BCUT2D eigenvalue weighted by atomic mass is 35.5. The summed E-state index contributed by atoms with van der Waals surface area (Å²) in [6, 6.07) is 0. The molecule has 0 aromatic rings. The second kappa shape index (κ2) is 8.29. The summed E-state index contributed by atoms with van der Waals surface area (Å²) in [6.45, 7) is 5.61. The van der Waals surface area contributed by atoms with Crippen molar-refractivity contribution in [2.45, 2.75) is 19.8 Å². The van der Waals surface area contributed by atoms with Crippen LogP contribution in [0.25, 0.3) is 0 Å². The van der Waals surface area contributed by atoms with E-state index in [9.17, 15) is 8.42 Å². The summed E-state index contributed by atoms with van der Waals surface area (Å²) in [4.78, 5) is 2.16. The first-order chi connectivity index (χ1) is 7.53. The molecule has 4 nitrogen and oxygen atoms in total. The first kappa shape index (κ1) is 17.2. The van der Waals surface area contributed by atoms with E-state index in [1.165, 1.54) is 12.8 Å². The molecule has 1 fully saturated rings. The quantitative estimate of drug-likeness (QED) is 0.783. The average Bonchev–Trinajstić information content (AvgIpc) is 2.28. The summed E-state index contributed by atoms with van der Waals surface area (Å²) in [6.07, 6.45) is 2.43. The van der Waals surface area contributed by atoms with Gasteiger partial charge in [0, 0.05) is 18.8 Å².